The first kappa shape index (κ1) is 14.7. The lowest BCUT2D eigenvalue weighted by Crippen LogP contribution is -2.03. The van der Waals surface area contributed by atoms with Crippen LogP contribution >= 0.6 is 11.6 Å². The number of carboxylic acid groups (broad SMARTS) is 1. The van der Waals surface area contributed by atoms with Gasteiger partial charge in [0.05, 0.1) is 24.3 Å². The Morgan fingerprint density at radius 3 is 2.86 bits per heavy atom. The molecule has 0 radical (unpaired) electrons. The second kappa shape index (κ2) is 5.88. The van der Waals surface area contributed by atoms with Crippen LogP contribution in [0.1, 0.15) is 23.4 Å². The molecule has 2 aromatic rings. The van der Waals surface area contributed by atoms with Crippen molar-refractivity contribution in [2.24, 2.45) is 5.92 Å². The quantitative estimate of drug-likeness (QED) is 0.876. The minimum absolute atomic E-state index is 0.262. The number of rotatable bonds is 6. The highest BCUT2D eigenvalue weighted by molar-refractivity contribution is 6.33. The van der Waals surface area contributed by atoms with Crippen LogP contribution in [-0.2, 0) is 0 Å². The first-order valence-electron chi connectivity index (χ1n) is 6.79. The minimum Gasteiger partial charge on any atom is -0.493 e. The van der Waals surface area contributed by atoms with Gasteiger partial charge in [-0.2, -0.15) is 0 Å². The van der Waals surface area contributed by atoms with Gasteiger partial charge in [0.1, 0.15) is 5.69 Å². The number of aromatic nitrogens is 1. The molecule has 116 valence electrons. The van der Waals surface area contributed by atoms with Crippen LogP contribution in [0.15, 0.2) is 22.7 Å². The third-order valence-electron chi connectivity index (χ3n) is 3.43. The third-order valence-corrected chi connectivity index (χ3v) is 3.74. The van der Waals surface area contributed by atoms with Crippen LogP contribution in [0.25, 0.3) is 11.3 Å². The highest BCUT2D eigenvalue weighted by Gasteiger charge is 2.26. The molecule has 0 aliphatic heterocycles. The molecule has 0 saturated heterocycles. The highest BCUT2D eigenvalue weighted by atomic mass is 35.5. The van der Waals surface area contributed by atoms with E-state index in [0.717, 1.165) is 12.8 Å². The molecule has 22 heavy (non-hydrogen) atoms. The molecule has 1 aliphatic carbocycles. The van der Waals surface area contributed by atoms with E-state index < -0.39 is 5.97 Å². The maximum atomic E-state index is 10.9. The molecule has 0 atom stereocenters. The molecule has 0 unspecified atom stereocenters. The fourth-order valence-electron chi connectivity index (χ4n) is 2.06. The maximum absolute atomic E-state index is 10.9. The Balaban J connectivity index is 2.03. The summed E-state index contributed by atoms with van der Waals surface area (Å²) >= 11 is 6.25. The second-order valence-electron chi connectivity index (χ2n) is 5.09. The molecule has 1 N–H and O–H groups in total. The normalized spacial score (nSPS) is 13.9. The van der Waals surface area contributed by atoms with Crippen molar-refractivity contribution in [2.75, 3.05) is 13.7 Å². The predicted molar refractivity (Wildman–Crippen MR) is 78.7 cm³/mol. The van der Waals surface area contributed by atoms with Crippen LogP contribution in [0.4, 0.5) is 0 Å². The fourth-order valence-corrected chi connectivity index (χ4v) is 2.31. The smallest absolute Gasteiger partial charge is 0.374 e. The number of nitrogens with zero attached hydrogens (tertiary/aromatic N) is 1. The molecule has 1 heterocycles. The lowest BCUT2D eigenvalue weighted by Gasteiger charge is -2.14. The molecule has 1 saturated carbocycles. The lowest BCUT2D eigenvalue weighted by atomic mass is 10.1. The van der Waals surface area contributed by atoms with Gasteiger partial charge >= 0.3 is 5.97 Å². The molecular weight excluding hydrogens is 310 g/mol. The van der Waals surface area contributed by atoms with Crippen LogP contribution in [0.2, 0.25) is 5.02 Å². The zero-order valence-corrected chi connectivity index (χ0v) is 12.6. The number of aromatic carboxylic acids is 1. The highest BCUT2D eigenvalue weighted by Crippen LogP contribution is 2.43. The summed E-state index contributed by atoms with van der Waals surface area (Å²) in [5.74, 6) is 0.0516. The van der Waals surface area contributed by atoms with E-state index in [9.17, 15) is 4.79 Å². The Kier molecular flexibility index (Phi) is 3.94. The second-order valence-corrected chi connectivity index (χ2v) is 5.50. The third kappa shape index (κ3) is 2.87. The summed E-state index contributed by atoms with van der Waals surface area (Å²) < 4.78 is 16.0. The van der Waals surface area contributed by atoms with Gasteiger partial charge in [-0.1, -0.05) is 16.8 Å². The van der Waals surface area contributed by atoms with Gasteiger partial charge in [0, 0.05) is 6.07 Å². The predicted octanol–water partition coefficient (Wildman–Crippen LogP) is 3.49. The van der Waals surface area contributed by atoms with Crippen molar-refractivity contribution < 1.29 is 23.9 Å². The van der Waals surface area contributed by atoms with Crippen LogP contribution < -0.4 is 9.47 Å². The van der Waals surface area contributed by atoms with Crippen molar-refractivity contribution in [3.63, 3.8) is 0 Å². The van der Waals surface area contributed by atoms with E-state index in [4.69, 9.17) is 30.7 Å². The Hall–Kier alpha value is -2.21. The Morgan fingerprint density at radius 2 is 2.27 bits per heavy atom. The van der Waals surface area contributed by atoms with E-state index in [1.165, 1.54) is 13.2 Å². The molecule has 0 bridgehead atoms. The van der Waals surface area contributed by atoms with Gasteiger partial charge in [-0.15, -0.1) is 0 Å². The van der Waals surface area contributed by atoms with Gasteiger partial charge in [-0.25, -0.2) is 4.79 Å². The summed E-state index contributed by atoms with van der Waals surface area (Å²) in [6.45, 7) is 0.563. The number of methoxy groups -OCH3 is 1. The van der Waals surface area contributed by atoms with Crippen LogP contribution in [-0.4, -0.2) is 29.9 Å². The number of carboxylic acids is 1. The van der Waals surface area contributed by atoms with Crippen molar-refractivity contribution >= 4 is 17.6 Å². The number of ether oxygens (including phenoxy) is 2. The van der Waals surface area contributed by atoms with E-state index in [1.807, 2.05) is 0 Å². The summed E-state index contributed by atoms with van der Waals surface area (Å²) in [5, 5.41) is 13.1. The van der Waals surface area contributed by atoms with Gasteiger partial charge in [0.2, 0.25) is 5.76 Å². The number of benzene rings is 1. The van der Waals surface area contributed by atoms with Crippen molar-refractivity contribution in [1.82, 2.24) is 5.16 Å². The van der Waals surface area contributed by atoms with Crippen LogP contribution in [0.3, 0.4) is 0 Å². The summed E-state index contributed by atoms with van der Waals surface area (Å²) in [6.07, 6.45) is 2.29. The minimum atomic E-state index is -1.20. The summed E-state index contributed by atoms with van der Waals surface area (Å²) in [6, 6.07) is 4.66. The first-order chi connectivity index (χ1) is 10.6. The standard InChI is InChI=1S/C15H14ClNO5/c1-20-11-5-4-9(16)13(14(11)21-7-8-2-3-8)10-6-12(15(18)19)22-17-10/h4-6,8H,2-3,7H2,1H3,(H,18,19). The molecular formula is C15H14ClNO5. The first-order valence-corrected chi connectivity index (χ1v) is 7.17. The molecule has 0 spiro atoms. The SMILES string of the molecule is COc1ccc(Cl)c(-c2cc(C(=O)O)on2)c1OCC1CC1. The van der Waals surface area contributed by atoms with E-state index in [2.05, 4.69) is 5.16 Å². The van der Waals surface area contributed by atoms with Crippen molar-refractivity contribution in [2.45, 2.75) is 12.8 Å². The van der Waals surface area contributed by atoms with Gasteiger partial charge in [-0.05, 0) is 30.9 Å². The van der Waals surface area contributed by atoms with E-state index in [-0.39, 0.29) is 5.76 Å². The molecule has 7 heteroatoms. The van der Waals surface area contributed by atoms with Crippen molar-refractivity contribution in [1.29, 1.82) is 0 Å². The number of carbonyl (C=O) groups is 1. The fraction of sp³-hybridized carbons (Fsp3) is 0.333. The molecule has 1 aliphatic rings. The zero-order valence-electron chi connectivity index (χ0n) is 11.8. The zero-order chi connectivity index (χ0) is 15.7. The topological polar surface area (TPSA) is 81.8 Å². The van der Waals surface area contributed by atoms with E-state index in [0.29, 0.717) is 40.3 Å². The van der Waals surface area contributed by atoms with E-state index in [1.54, 1.807) is 12.1 Å². The summed E-state index contributed by atoms with van der Waals surface area (Å²) in [7, 11) is 1.53. The lowest BCUT2D eigenvalue weighted by molar-refractivity contribution is 0.0652. The molecule has 0 amide bonds. The maximum Gasteiger partial charge on any atom is 0.374 e. The van der Waals surface area contributed by atoms with Gasteiger partial charge in [0.15, 0.2) is 11.5 Å². The molecule has 6 nitrogen and oxygen atoms in total. The molecule has 3 rings (SSSR count). The van der Waals surface area contributed by atoms with Crippen LogP contribution in [0, 0.1) is 5.92 Å². The van der Waals surface area contributed by atoms with Gasteiger partial charge in [-0.3, -0.25) is 0 Å². The summed E-state index contributed by atoms with van der Waals surface area (Å²) in [5.41, 5.74) is 0.769. The molecule has 1 fully saturated rings. The summed E-state index contributed by atoms with van der Waals surface area (Å²) in [4.78, 5) is 10.9. The van der Waals surface area contributed by atoms with Crippen molar-refractivity contribution in [3.05, 3.63) is 29.0 Å². The van der Waals surface area contributed by atoms with Gasteiger partial charge in [0.25, 0.3) is 0 Å². The monoisotopic (exact) mass is 323 g/mol. The van der Waals surface area contributed by atoms with Gasteiger partial charge < -0.3 is 19.1 Å². The Bertz CT molecular complexity index is 708. The molecule has 1 aromatic heterocycles. The Labute approximate surface area is 131 Å². The largest absolute Gasteiger partial charge is 0.493 e. The van der Waals surface area contributed by atoms with Crippen LogP contribution in [0.5, 0.6) is 11.5 Å². The average Bonchev–Trinajstić information content (AvgIpc) is 3.20. The number of halogens is 1. The Morgan fingerprint density at radius 1 is 1.50 bits per heavy atom. The average molecular weight is 324 g/mol. The number of hydrogen-bond donors (Lipinski definition) is 1. The van der Waals surface area contributed by atoms with Crippen molar-refractivity contribution in [3.8, 4) is 22.8 Å². The van der Waals surface area contributed by atoms with E-state index >= 15 is 0 Å². The number of hydrogen-bond acceptors (Lipinski definition) is 5. The molecule has 1 aromatic carbocycles.